The fraction of sp³-hybridized carbons (Fsp3) is 0.111. The summed E-state index contributed by atoms with van der Waals surface area (Å²) in [5.74, 6) is 0. The van der Waals surface area contributed by atoms with Gasteiger partial charge in [0.25, 0.3) is 0 Å². The van der Waals surface area contributed by atoms with Crippen molar-refractivity contribution in [2.24, 2.45) is 5.10 Å². The first-order chi connectivity index (χ1) is 11.1. The molecular weight excluding hydrogens is 370 g/mol. The Kier molecular flexibility index (Phi) is 4.88. The lowest BCUT2D eigenvalue weighted by molar-refractivity contribution is 1.27. The SMILES string of the molecule is C/C(=N\Nc1nc(-c2ccc(C)cc2)cs1)c1ccc(Br)cc1. The van der Waals surface area contributed by atoms with Crippen molar-refractivity contribution in [3.8, 4) is 11.3 Å². The third kappa shape index (κ3) is 4.06. The molecule has 3 aromatic rings. The third-order valence-corrected chi connectivity index (χ3v) is 4.71. The van der Waals surface area contributed by atoms with Crippen LogP contribution >= 0.6 is 27.3 Å². The monoisotopic (exact) mass is 385 g/mol. The van der Waals surface area contributed by atoms with Crippen LogP contribution in [-0.4, -0.2) is 10.7 Å². The molecule has 0 amide bonds. The number of anilines is 1. The van der Waals surface area contributed by atoms with Crippen LogP contribution in [0.3, 0.4) is 0 Å². The zero-order valence-corrected chi connectivity index (χ0v) is 15.3. The molecule has 0 aliphatic heterocycles. The summed E-state index contributed by atoms with van der Waals surface area (Å²) >= 11 is 4.99. The topological polar surface area (TPSA) is 37.3 Å². The van der Waals surface area contributed by atoms with Crippen molar-refractivity contribution in [1.82, 2.24) is 4.98 Å². The predicted molar refractivity (Wildman–Crippen MR) is 102 cm³/mol. The maximum absolute atomic E-state index is 4.58. The second-order valence-electron chi connectivity index (χ2n) is 5.22. The standard InChI is InChI=1S/C18H16BrN3S/c1-12-3-5-15(6-4-12)17-11-23-18(20-17)22-21-13(2)14-7-9-16(19)10-8-14/h3-11H,1-2H3,(H,20,22)/b21-13+. The molecule has 3 nitrogen and oxygen atoms in total. The fourth-order valence-corrected chi connectivity index (χ4v) is 3.00. The first-order valence-electron chi connectivity index (χ1n) is 7.20. The number of hydrogen-bond donors (Lipinski definition) is 1. The van der Waals surface area contributed by atoms with E-state index in [-0.39, 0.29) is 0 Å². The first-order valence-corrected chi connectivity index (χ1v) is 8.88. The number of aromatic nitrogens is 1. The molecule has 116 valence electrons. The number of hydrazone groups is 1. The van der Waals surface area contributed by atoms with Crippen LogP contribution in [0.1, 0.15) is 18.1 Å². The Morgan fingerprint density at radius 3 is 2.48 bits per heavy atom. The number of nitrogens with zero attached hydrogens (tertiary/aromatic N) is 2. The number of nitrogens with one attached hydrogen (secondary N) is 1. The third-order valence-electron chi connectivity index (χ3n) is 3.43. The zero-order chi connectivity index (χ0) is 16.2. The number of thiazole rings is 1. The van der Waals surface area contributed by atoms with Crippen molar-refractivity contribution in [2.45, 2.75) is 13.8 Å². The van der Waals surface area contributed by atoms with Crippen LogP contribution < -0.4 is 5.43 Å². The molecule has 0 radical (unpaired) electrons. The van der Waals surface area contributed by atoms with Crippen LogP contribution in [0.25, 0.3) is 11.3 Å². The first kappa shape index (κ1) is 15.9. The highest BCUT2D eigenvalue weighted by atomic mass is 79.9. The summed E-state index contributed by atoms with van der Waals surface area (Å²) in [6, 6.07) is 16.4. The van der Waals surface area contributed by atoms with E-state index >= 15 is 0 Å². The molecule has 0 fully saturated rings. The van der Waals surface area contributed by atoms with E-state index in [1.54, 1.807) is 11.3 Å². The van der Waals surface area contributed by atoms with Gasteiger partial charge < -0.3 is 0 Å². The fourth-order valence-electron chi connectivity index (χ4n) is 2.07. The van der Waals surface area contributed by atoms with Crippen LogP contribution in [0.2, 0.25) is 0 Å². The van der Waals surface area contributed by atoms with E-state index in [0.29, 0.717) is 0 Å². The summed E-state index contributed by atoms with van der Waals surface area (Å²) in [5.41, 5.74) is 8.38. The van der Waals surface area contributed by atoms with Gasteiger partial charge in [0.2, 0.25) is 5.13 Å². The van der Waals surface area contributed by atoms with Crippen molar-refractivity contribution < 1.29 is 0 Å². The van der Waals surface area contributed by atoms with Crippen LogP contribution in [0.15, 0.2) is 63.5 Å². The molecule has 0 atom stereocenters. The molecule has 1 N–H and O–H groups in total. The van der Waals surface area contributed by atoms with Gasteiger partial charge in [-0.15, -0.1) is 11.3 Å². The highest BCUT2D eigenvalue weighted by molar-refractivity contribution is 9.10. The van der Waals surface area contributed by atoms with Crippen LogP contribution in [0.5, 0.6) is 0 Å². The normalized spacial score (nSPS) is 11.5. The second-order valence-corrected chi connectivity index (χ2v) is 6.99. The number of halogens is 1. The van der Waals surface area contributed by atoms with Gasteiger partial charge in [0.05, 0.1) is 11.4 Å². The molecule has 23 heavy (non-hydrogen) atoms. The second kappa shape index (κ2) is 7.06. The number of rotatable bonds is 4. The molecule has 0 aliphatic rings. The van der Waals surface area contributed by atoms with Crippen LogP contribution in [0, 0.1) is 6.92 Å². The summed E-state index contributed by atoms with van der Waals surface area (Å²) in [6.45, 7) is 4.06. The lowest BCUT2D eigenvalue weighted by Gasteiger charge is -2.01. The maximum atomic E-state index is 4.58. The van der Waals surface area contributed by atoms with E-state index in [0.717, 1.165) is 32.1 Å². The molecular formula is C18H16BrN3S. The van der Waals surface area contributed by atoms with Crippen LogP contribution in [0.4, 0.5) is 5.13 Å². The van der Waals surface area contributed by atoms with Gasteiger partial charge in [-0.25, -0.2) is 4.98 Å². The predicted octanol–water partition coefficient (Wildman–Crippen LogP) is 5.72. The molecule has 1 aromatic heterocycles. The highest BCUT2D eigenvalue weighted by Crippen LogP contribution is 2.25. The molecule has 0 unspecified atom stereocenters. The zero-order valence-electron chi connectivity index (χ0n) is 12.9. The summed E-state index contributed by atoms with van der Waals surface area (Å²) in [5, 5.41) is 7.24. The van der Waals surface area contributed by atoms with Gasteiger partial charge in [0.15, 0.2) is 0 Å². The molecule has 5 heteroatoms. The average molecular weight is 386 g/mol. The van der Waals surface area contributed by atoms with Crippen molar-refractivity contribution in [3.05, 3.63) is 69.5 Å². The van der Waals surface area contributed by atoms with Gasteiger partial charge >= 0.3 is 0 Å². The Balaban J connectivity index is 1.72. The Morgan fingerprint density at radius 1 is 1.09 bits per heavy atom. The van der Waals surface area contributed by atoms with Gasteiger partial charge in [-0.1, -0.05) is 57.9 Å². The molecule has 0 saturated heterocycles. The van der Waals surface area contributed by atoms with Crippen molar-refractivity contribution >= 4 is 38.1 Å². The Hall–Kier alpha value is -1.98. The molecule has 1 heterocycles. The molecule has 0 bridgehead atoms. The van der Waals surface area contributed by atoms with Gasteiger partial charge in [0.1, 0.15) is 0 Å². The van der Waals surface area contributed by atoms with E-state index in [1.165, 1.54) is 5.56 Å². The van der Waals surface area contributed by atoms with Gasteiger partial charge in [-0.2, -0.15) is 5.10 Å². The highest BCUT2D eigenvalue weighted by Gasteiger charge is 2.04. The average Bonchev–Trinajstić information content (AvgIpc) is 3.03. The quantitative estimate of drug-likeness (QED) is 0.460. The summed E-state index contributed by atoms with van der Waals surface area (Å²) in [7, 11) is 0. The minimum Gasteiger partial charge on any atom is -0.252 e. The van der Waals surface area contributed by atoms with E-state index < -0.39 is 0 Å². The van der Waals surface area contributed by atoms with Crippen molar-refractivity contribution in [2.75, 3.05) is 5.43 Å². The Bertz CT molecular complexity index is 820. The minimum absolute atomic E-state index is 0.789. The van der Waals surface area contributed by atoms with E-state index in [9.17, 15) is 0 Å². The number of benzene rings is 2. The van der Waals surface area contributed by atoms with Crippen molar-refractivity contribution in [1.29, 1.82) is 0 Å². The molecule has 0 spiro atoms. The lowest BCUT2D eigenvalue weighted by Crippen LogP contribution is -1.99. The molecule has 3 rings (SSSR count). The van der Waals surface area contributed by atoms with Gasteiger partial charge in [-0.3, -0.25) is 5.43 Å². The van der Waals surface area contributed by atoms with E-state index in [2.05, 4.69) is 62.6 Å². The molecule has 0 aliphatic carbocycles. The van der Waals surface area contributed by atoms with Gasteiger partial charge in [-0.05, 0) is 31.5 Å². The maximum Gasteiger partial charge on any atom is 0.203 e. The van der Waals surface area contributed by atoms with E-state index in [4.69, 9.17) is 0 Å². The molecule has 0 saturated carbocycles. The summed E-state index contributed by atoms with van der Waals surface area (Å²) in [6.07, 6.45) is 0. The largest absolute Gasteiger partial charge is 0.252 e. The minimum atomic E-state index is 0.789. The summed E-state index contributed by atoms with van der Waals surface area (Å²) < 4.78 is 1.06. The van der Waals surface area contributed by atoms with Crippen molar-refractivity contribution in [3.63, 3.8) is 0 Å². The number of aryl methyl sites for hydroxylation is 1. The lowest BCUT2D eigenvalue weighted by atomic mass is 10.1. The molecule has 2 aromatic carbocycles. The van der Waals surface area contributed by atoms with Crippen LogP contribution in [-0.2, 0) is 0 Å². The van der Waals surface area contributed by atoms with E-state index in [1.807, 2.05) is 36.6 Å². The number of hydrogen-bond acceptors (Lipinski definition) is 4. The Labute approximate surface area is 148 Å². The summed E-state index contributed by atoms with van der Waals surface area (Å²) in [4.78, 5) is 4.58. The van der Waals surface area contributed by atoms with Gasteiger partial charge in [0, 0.05) is 15.4 Å². The smallest absolute Gasteiger partial charge is 0.203 e. The Morgan fingerprint density at radius 2 is 1.78 bits per heavy atom.